The van der Waals surface area contributed by atoms with E-state index in [4.69, 9.17) is 0 Å². The summed E-state index contributed by atoms with van der Waals surface area (Å²) in [5.41, 5.74) is 3.98. The lowest BCUT2D eigenvalue weighted by atomic mass is 9.98. The fourth-order valence-electron chi connectivity index (χ4n) is 2.57. The van der Waals surface area contributed by atoms with Gasteiger partial charge in [0.25, 0.3) is 0 Å². The number of rotatable bonds is 6. The maximum Gasteiger partial charge on any atom is 0.138 e. The molecule has 1 aromatic heterocycles. The van der Waals surface area contributed by atoms with Gasteiger partial charge in [0.2, 0.25) is 0 Å². The molecule has 21 heavy (non-hydrogen) atoms. The fourth-order valence-corrected chi connectivity index (χ4v) is 2.57. The minimum atomic E-state index is 0.274. The van der Waals surface area contributed by atoms with Crippen LogP contribution in [0.25, 0.3) is 0 Å². The molecule has 0 spiro atoms. The van der Waals surface area contributed by atoms with Gasteiger partial charge >= 0.3 is 0 Å². The van der Waals surface area contributed by atoms with Crippen LogP contribution in [0.2, 0.25) is 0 Å². The predicted molar refractivity (Wildman–Crippen MR) is 86.4 cm³/mol. The molecule has 0 aliphatic carbocycles. The van der Waals surface area contributed by atoms with Crippen LogP contribution < -0.4 is 5.32 Å². The number of aryl methyl sites for hydroxylation is 2. The Morgan fingerprint density at radius 3 is 2.57 bits per heavy atom. The Labute approximate surface area is 127 Å². The highest BCUT2D eigenvalue weighted by atomic mass is 15.3. The average molecular weight is 286 g/mol. The van der Waals surface area contributed by atoms with E-state index >= 15 is 0 Å². The van der Waals surface area contributed by atoms with E-state index in [1.165, 1.54) is 16.7 Å². The van der Waals surface area contributed by atoms with Gasteiger partial charge in [-0.1, -0.05) is 25.1 Å². The van der Waals surface area contributed by atoms with Gasteiger partial charge in [-0.05, 0) is 50.9 Å². The Hall–Kier alpha value is -1.68. The van der Waals surface area contributed by atoms with E-state index in [-0.39, 0.29) is 6.04 Å². The molecule has 114 valence electrons. The Morgan fingerprint density at radius 2 is 1.95 bits per heavy atom. The molecule has 0 saturated carbocycles. The highest BCUT2D eigenvalue weighted by Gasteiger charge is 2.16. The molecule has 2 rings (SSSR count). The van der Waals surface area contributed by atoms with Crippen molar-refractivity contribution in [3.05, 3.63) is 47.0 Å². The van der Waals surface area contributed by atoms with Crippen LogP contribution in [0, 0.1) is 13.8 Å². The zero-order valence-electron chi connectivity index (χ0n) is 13.7. The van der Waals surface area contributed by atoms with Crippen molar-refractivity contribution in [1.82, 2.24) is 20.1 Å². The zero-order chi connectivity index (χ0) is 15.4. The molecule has 4 heteroatoms. The molecule has 1 atom stereocenters. The maximum absolute atomic E-state index is 4.44. The molecule has 0 fully saturated rings. The Kier molecular flexibility index (Phi) is 5.12. The van der Waals surface area contributed by atoms with Crippen molar-refractivity contribution in [2.24, 2.45) is 0 Å². The van der Waals surface area contributed by atoms with Crippen LogP contribution in [-0.4, -0.2) is 21.3 Å². The largest absolute Gasteiger partial charge is 0.310 e. The molecule has 1 heterocycles. The number of hydrogen-bond acceptors (Lipinski definition) is 3. The molecular formula is C17H26N4. The second-order valence-corrected chi connectivity index (χ2v) is 5.87. The molecule has 1 N–H and O–H groups in total. The summed E-state index contributed by atoms with van der Waals surface area (Å²) in [6.07, 6.45) is 2.51. The molecular weight excluding hydrogens is 260 g/mol. The first-order valence-electron chi connectivity index (χ1n) is 7.71. The molecule has 0 aliphatic rings. The third kappa shape index (κ3) is 3.70. The third-order valence-corrected chi connectivity index (χ3v) is 3.91. The standard InChI is InChI=1S/C17H26N4/c1-6-18-16(15-8-7-13(4)14(5)9-15)10-17-19-11-20-21(17)12(2)3/h7-9,11-12,16,18H,6,10H2,1-5H3. The van der Waals surface area contributed by atoms with Crippen molar-refractivity contribution in [1.29, 1.82) is 0 Å². The third-order valence-electron chi connectivity index (χ3n) is 3.91. The maximum atomic E-state index is 4.44. The lowest BCUT2D eigenvalue weighted by molar-refractivity contribution is 0.468. The zero-order valence-corrected chi connectivity index (χ0v) is 13.7. The van der Waals surface area contributed by atoms with Gasteiger partial charge in [-0.25, -0.2) is 9.67 Å². The van der Waals surface area contributed by atoms with Crippen LogP contribution in [-0.2, 0) is 6.42 Å². The monoisotopic (exact) mass is 286 g/mol. The fraction of sp³-hybridized carbons (Fsp3) is 0.529. The van der Waals surface area contributed by atoms with Gasteiger partial charge in [0.05, 0.1) is 0 Å². The van der Waals surface area contributed by atoms with Gasteiger partial charge in [0.1, 0.15) is 12.2 Å². The summed E-state index contributed by atoms with van der Waals surface area (Å²) in [7, 11) is 0. The van der Waals surface area contributed by atoms with E-state index in [0.29, 0.717) is 6.04 Å². The van der Waals surface area contributed by atoms with Crippen LogP contribution in [0.1, 0.15) is 55.4 Å². The molecule has 1 unspecified atom stereocenters. The van der Waals surface area contributed by atoms with Gasteiger partial charge in [0, 0.05) is 18.5 Å². The smallest absolute Gasteiger partial charge is 0.138 e. The van der Waals surface area contributed by atoms with Crippen molar-refractivity contribution < 1.29 is 0 Å². The molecule has 0 radical (unpaired) electrons. The number of nitrogens with zero attached hydrogens (tertiary/aromatic N) is 3. The van der Waals surface area contributed by atoms with E-state index in [1.54, 1.807) is 6.33 Å². The molecule has 0 amide bonds. The van der Waals surface area contributed by atoms with Crippen LogP contribution in [0.3, 0.4) is 0 Å². The van der Waals surface area contributed by atoms with Crippen LogP contribution in [0.4, 0.5) is 0 Å². The first-order chi connectivity index (χ1) is 10.0. The first kappa shape index (κ1) is 15.7. The van der Waals surface area contributed by atoms with E-state index < -0.39 is 0 Å². The van der Waals surface area contributed by atoms with Gasteiger partial charge in [-0.3, -0.25) is 0 Å². The average Bonchev–Trinajstić information content (AvgIpc) is 2.90. The second-order valence-electron chi connectivity index (χ2n) is 5.87. The Balaban J connectivity index is 2.26. The topological polar surface area (TPSA) is 42.7 Å². The Morgan fingerprint density at radius 1 is 1.19 bits per heavy atom. The molecule has 1 aromatic carbocycles. The minimum absolute atomic E-state index is 0.274. The Bertz CT molecular complexity index is 586. The molecule has 2 aromatic rings. The van der Waals surface area contributed by atoms with Crippen molar-refractivity contribution in [3.8, 4) is 0 Å². The number of likely N-dealkylation sites (N-methyl/N-ethyl adjacent to an activating group) is 1. The summed E-state index contributed by atoms with van der Waals surface area (Å²) in [5.74, 6) is 1.04. The highest BCUT2D eigenvalue weighted by molar-refractivity contribution is 5.32. The van der Waals surface area contributed by atoms with E-state index in [1.807, 2.05) is 4.68 Å². The number of nitrogens with one attached hydrogen (secondary N) is 1. The first-order valence-corrected chi connectivity index (χ1v) is 7.71. The van der Waals surface area contributed by atoms with Crippen molar-refractivity contribution in [3.63, 3.8) is 0 Å². The van der Waals surface area contributed by atoms with Gasteiger partial charge in [0.15, 0.2) is 0 Å². The van der Waals surface area contributed by atoms with Crippen LogP contribution in [0.5, 0.6) is 0 Å². The van der Waals surface area contributed by atoms with E-state index in [2.05, 4.69) is 68.2 Å². The number of benzene rings is 1. The predicted octanol–water partition coefficient (Wildman–Crippen LogP) is 3.37. The number of hydrogen-bond donors (Lipinski definition) is 1. The van der Waals surface area contributed by atoms with Crippen LogP contribution in [0.15, 0.2) is 24.5 Å². The van der Waals surface area contributed by atoms with Gasteiger partial charge in [-0.15, -0.1) is 0 Å². The summed E-state index contributed by atoms with van der Waals surface area (Å²) >= 11 is 0. The summed E-state index contributed by atoms with van der Waals surface area (Å²) in [5, 5.41) is 7.90. The van der Waals surface area contributed by atoms with Crippen molar-refractivity contribution in [2.45, 2.75) is 53.1 Å². The molecule has 0 saturated heterocycles. The van der Waals surface area contributed by atoms with Crippen LogP contribution >= 0.6 is 0 Å². The minimum Gasteiger partial charge on any atom is -0.310 e. The summed E-state index contributed by atoms with van der Waals surface area (Å²) < 4.78 is 2.01. The molecule has 0 aliphatic heterocycles. The second kappa shape index (κ2) is 6.85. The quantitative estimate of drug-likeness (QED) is 0.885. The summed E-state index contributed by atoms with van der Waals surface area (Å²) in [6.45, 7) is 11.7. The van der Waals surface area contributed by atoms with Crippen molar-refractivity contribution in [2.75, 3.05) is 6.54 Å². The van der Waals surface area contributed by atoms with Crippen molar-refractivity contribution >= 4 is 0 Å². The summed E-state index contributed by atoms with van der Waals surface area (Å²) in [4.78, 5) is 4.44. The molecule has 4 nitrogen and oxygen atoms in total. The molecule has 0 bridgehead atoms. The summed E-state index contributed by atoms with van der Waals surface area (Å²) in [6, 6.07) is 7.30. The highest BCUT2D eigenvalue weighted by Crippen LogP contribution is 2.21. The lowest BCUT2D eigenvalue weighted by Gasteiger charge is -2.20. The van der Waals surface area contributed by atoms with Gasteiger partial charge < -0.3 is 5.32 Å². The van der Waals surface area contributed by atoms with E-state index in [0.717, 1.165) is 18.8 Å². The number of aromatic nitrogens is 3. The SMILES string of the molecule is CCNC(Cc1ncnn1C(C)C)c1ccc(C)c(C)c1. The van der Waals surface area contributed by atoms with E-state index in [9.17, 15) is 0 Å². The lowest BCUT2D eigenvalue weighted by Crippen LogP contribution is -2.25. The van der Waals surface area contributed by atoms with Gasteiger partial charge in [-0.2, -0.15) is 5.10 Å². The normalized spacial score (nSPS) is 12.9.